The van der Waals surface area contributed by atoms with Gasteiger partial charge in [0.1, 0.15) is 17.4 Å². The predicted octanol–water partition coefficient (Wildman–Crippen LogP) is 4.56. The van der Waals surface area contributed by atoms with Crippen LogP contribution >= 0.6 is 0 Å². The largest absolute Gasteiger partial charge is 0.493 e. The van der Waals surface area contributed by atoms with E-state index < -0.39 is 11.6 Å². The number of hydrogen-bond acceptors (Lipinski definition) is 5. The Morgan fingerprint density at radius 1 is 1.16 bits per heavy atom. The molecule has 3 heterocycles. The minimum Gasteiger partial charge on any atom is -0.493 e. The van der Waals surface area contributed by atoms with Crippen LogP contribution in [0.3, 0.4) is 0 Å². The van der Waals surface area contributed by atoms with Gasteiger partial charge in [-0.05, 0) is 43.2 Å². The molecule has 2 aliphatic rings. The molecular formula is C25H27F2N3O2. The number of nitrogens with zero attached hydrogens (tertiary/aromatic N) is 3. The van der Waals surface area contributed by atoms with Gasteiger partial charge in [-0.2, -0.15) is 0 Å². The molecule has 5 nitrogen and oxygen atoms in total. The maximum Gasteiger partial charge on any atom is 0.216 e. The zero-order valence-corrected chi connectivity index (χ0v) is 18.4. The Kier molecular flexibility index (Phi) is 5.59. The maximum atomic E-state index is 14.3. The molecule has 0 N–H and O–H groups in total. The van der Waals surface area contributed by atoms with Crippen LogP contribution in [-0.4, -0.2) is 49.3 Å². The molecule has 1 fully saturated rings. The van der Waals surface area contributed by atoms with E-state index in [1.165, 1.54) is 12.1 Å². The van der Waals surface area contributed by atoms with Crippen molar-refractivity contribution in [1.29, 1.82) is 0 Å². The first kappa shape index (κ1) is 20.9. The second-order valence-electron chi connectivity index (χ2n) is 8.47. The number of aromatic nitrogens is 1. The van der Waals surface area contributed by atoms with Crippen LogP contribution in [0, 0.1) is 11.6 Å². The summed E-state index contributed by atoms with van der Waals surface area (Å²) in [6.45, 7) is 5.59. The maximum absolute atomic E-state index is 14.3. The van der Waals surface area contributed by atoms with Crippen molar-refractivity contribution in [3.8, 4) is 11.6 Å². The number of benzene rings is 2. The average molecular weight is 440 g/mol. The molecule has 0 saturated carbocycles. The van der Waals surface area contributed by atoms with Gasteiger partial charge in [0.05, 0.1) is 24.9 Å². The number of aryl methyl sites for hydroxylation is 1. The molecule has 0 radical (unpaired) electrons. The lowest BCUT2D eigenvalue weighted by Gasteiger charge is -2.43. The summed E-state index contributed by atoms with van der Waals surface area (Å²) in [5.41, 5.74) is 3.53. The zero-order valence-electron chi connectivity index (χ0n) is 18.4. The van der Waals surface area contributed by atoms with Gasteiger partial charge >= 0.3 is 0 Å². The van der Waals surface area contributed by atoms with Gasteiger partial charge < -0.3 is 14.4 Å². The standard InChI is InChI=1S/C25H27F2N3O2/c1-3-16-10-17-12-24-18(11-22(17)28-25(16)31-2)14-29-7-8-30(15-20(29)6-9-32-24)23-5-4-19(26)13-21(23)27/h4-5,10-13,20H,3,6-9,14-15H2,1-2H3/t20-/m0/s1. The number of methoxy groups -OCH3 is 1. The normalized spacial score (nSPS) is 19.0. The number of hydrogen-bond donors (Lipinski definition) is 0. The van der Waals surface area contributed by atoms with E-state index in [2.05, 4.69) is 30.0 Å². The van der Waals surface area contributed by atoms with Gasteiger partial charge in [-0.25, -0.2) is 13.8 Å². The number of rotatable bonds is 3. The van der Waals surface area contributed by atoms with Crippen molar-refractivity contribution in [3.63, 3.8) is 0 Å². The van der Waals surface area contributed by atoms with Crippen molar-refractivity contribution < 1.29 is 18.3 Å². The van der Waals surface area contributed by atoms with E-state index in [1.54, 1.807) is 7.11 Å². The highest BCUT2D eigenvalue weighted by atomic mass is 19.1. The lowest BCUT2D eigenvalue weighted by Crippen LogP contribution is -2.53. The zero-order chi connectivity index (χ0) is 22.2. The third-order valence-corrected chi connectivity index (χ3v) is 6.55. The molecule has 32 heavy (non-hydrogen) atoms. The number of fused-ring (bicyclic) bond motifs is 3. The highest BCUT2D eigenvalue weighted by Crippen LogP contribution is 2.33. The smallest absolute Gasteiger partial charge is 0.216 e. The summed E-state index contributed by atoms with van der Waals surface area (Å²) in [6, 6.07) is 10.3. The van der Waals surface area contributed by atoms with Crippen molar-refractivity contribution in [2.24, 2.45) is 0 Å². The quantitative estimate of drug-likeness (QED) is 0.598. The molecule has 1 atom stereocenters. The molecule has 0 amide bonds. The van der Waals surface area contributed by atoms with E-state index >= 15 is 0 Å². The Hall–Kier alpha value is -2.93. The fraction of sp³-hybridized carbons (Fsp3) is 0.400. The molecule has 5 rings (SSSR count). The highest BCUT2D eigenvalue weighted by Gasteiger charge is 2.30. The fourth-order valence-corrected chi connectivity index (χ4v) is 4.81. The first-order chi connectivity index (χ1) is 15.6. The highest BCUT2D eigenvalue weighted by molar-refractivity contribution is 5.83. The number of ether oxygens (including phenoxy) is 2. The van der Waals surface area contributed by atoms with Crippen molar-refractivity contribution in [1.82, 2.24) is 9.88 Å². The van der Waals surface area contributed by atoms with Gasteiger partial charge in [-0.1, -0.05) is 6.92 Å². The summed E-state index contributed by atoms with van der Waals surface area (Å²) >= 11 is 0. The van der Waals surface area contributed by atoms with Gasteiger partial charge in [-0.15, -0.1) is 0 Å². The molecule has 2 aromatic carbocycles. The first-order valence-corrected chi connectivity index (χ1v) is 11.1. The summed E-state index contributed by atoms with van der Waals surface area (Å²) in [6.07, 6.45) is 1.70. The SMILES string of the molecule is CCc1cc2cc3c(cc2nc1OC)CN1CCN(c2ccc(F)cc2F)C[C@@H]1CCO3. The third kappa shape index (κ3) is 3.86. The lowest BCUT2D eigenvalue weighted by atomic mass is 10.0. The molecule has 0 aliphatic carbocycles. The Morgan fingerprint density at radius 3 is 2.81 bits per heavy atom. The Labute approximate surface area is 186 Å². The van der Waals surface area contributed by atoms with Gasteiger partial charge in [0.25, 0.3) is 0 Å². The van der Waals surface area contributed by atoms with Crippen LogP contribution in [0.15, 0.2) is 36.4 Å². The van der Waals surface area contributed by atoms with Crippen LogP contribution in [0.5, 0.6) is 11.6 Å². The molecule has 3 aromatic rings. The van der Waals surface area contributed by atoms with Crippen LogP contribution in [0.25, 0.3) is 10.9 Å². The lowest BCUT2D eigenvalue weighted by molar-refractivity contribution is 0.126. The van der Waals surface area contributed by atoms with Crippen molar-refractivity contribution >= 4 is 16.6 Å². The summed E-state index contributed by atoms with van der Waals surface area (Å²) < 4.78 is 39.3. The molecule has 0 unspecified atom stereocenters. The summed E-state index contributed by atoms with van der Waals surface area (Å²) in [5, 5.41) is 1.05. The molecule has 1 aromatic heterocycles. The number of halogens is 2. The Bertz CT molecular complexity index is 1150. The van der Waals surface area contributed by atoms with E-state index in [0.29, 0.717) is 31.3 Å². The van der Waals surface area contributed by atoms with Crippen LogP contribution in [0.4, 0.5) is 14.5 Å². The molecule has 2 aliphatic heterocycles. The van der Waals surface area contributed by atoms with E-state index in [0.717, 1.165) is 59.8 Å². The average Bonchev–Trinajstić information content (AvgIpc) is 2.78. The number of pyridine rings is 1. The summed E-state index contributed by atoms with van der Waals surface area (Å²) in [7, 11) is 1.65. The molecule has 7 heteroatoms. The second kappa shape index (κ2) is 8.54. The van der Waals surface area contributed by atoms with Crippen LogP contribution in [0.2, 0.25) is 0 Å². The second-order valence-corrected chi connectivity index (χ2v) is 8.47. The Balaban J connectivity index is 1.41. The van der Waals surface area contributed by atoms with Gasteiger partial charge in [0.2, 0.25) is 5.88 Å². The van der Waals surface area contributed by atoms with E-state index in [9.17, 15) is 8.78 Å². The monoisotopic (exact) mass is 439 g/mol. The van der Waals surface area contributed by atoms with Crippen molar-refractivity contribution in [2.75, 3.05) is 38.3 Å². The van der Waals surface area contributed by atoms with Crippen molar-refractivity contribution in [2.45, 2.75) is 32.4 Å². The van der Waals surface area contributed by atoms with E-state index in [1.807, 2.05) is 4.90 Å². The predicted molar refractivity (Wildman–Crippen MR) is 121 cm³/mol. The van der Waals surface area contributed by atoms with E-state index in [4.69, 9.17) is 14.5 Å². The van der Waals surface area contributed by atoms with E-state index in [-0.39, 0.29) is 6.04 Å². The minimum absolute atomic E-state index is 0.224. The molecular weight excluding hydrogens is 412 g/mol. The molecule has 168 valence electrons. The number of anilines is 1. The van der Waals surface area contributed by atoms with Crippen LogP contribution < -0.4 is 14.4 Å². The van der Waals surface area contributed by atoms with Crippen LogP contribution in [-0.2, 0) is 13.0 Å². The molecule has 0 spiro atoms. The molecule has 1 saturated heterocycles. The van der Waals surface area contributed by atoms with Gasteiger partial charge in [0.15, 0.2) is 0 Å². The topological polar surface area (TPSA) is 37.8 Å². The van der Waals surface area contributed by atoms with Gasteiger partial charge in [0, 0.05) is 54.8 Å². The summed E-state index contributed by atoms with van der Waals surface area (Å²) in [4.78, 5) is 9.17. The summed E-state index contributed by atoms with van der Waals surface area (Å²) in [5.74, 6) is 0.504. The Morgan fingerprint density at radius 2 is 2.03 bits per heavy atom. The molecule has 0 bridgehead atoms. The van der Waals surface area contributed by atoms with Gasteiger partial charge in [-0.3, -0.25) is 4.90 Å². The van der Waals surface area contributed by atoms with Crippen LogP contribution in [0.1, 0.15) is 24.5 Å². The fourth-order valence-electron chi connectivity index (χ4n) is 4.81. The minimum atomic E-state index is -0.552. The van der Waals surface area contributed by atoms with Crippen molar-refractivity contribution in [3.05, 3.63) is 59.2 Å². The number of piperazine rings is 1. The first-order valence-electron chi connectivity index (χ1n) is 11.1. The third-order valence-electron chi connectivity index (χ3n) is 6.55.